The number of benzene rings is 2. The molecule has 0 aliphatic carbocycles. The van der Waals surface area contributed by atoms with E-state index in [0.29, 0.717) is 16.5 Å². The van der Waals surface area contributed by atoms with Crippen molar-refractivity contribution in [2.24, 2.45) is 0 Å². The number of methoxy groups -OCH3 is 1. The number of amides is 1. The lowest BCUT2D eigenvalue weighted by atomic mass is 10.1. The number of nitro benzene ring substituents is 1. The predicted octanol–water partition coefficient (Wildman–Crippen LogP) is 4.19. The van der Waals surface area contributed by atoms with Crippen LogP contribution >= 0.6 is 23.2 Å². The van der Waals surface area contributed by atoms with Gasteiger partial charge in [0.1, 0.15) is 5.75 Å². The van der Waals surface area contributed by atoms with Gasteiger partial charge < -0.3 is 9.64 Å². The third-order valence-corrected chi connectivity index (χ3v) is 3.74. The Morgan fingerprint density at radius 3 is 2.48 bits per heavy atom. The summed E-state index contributed by atoms with van der Waals surface area (Å²) >= 11 is 12.0. The standard InChI is InChI=1S/C15H12Cl2N2O4/c1-18(13-5-4-10(19(21)22)8-12(13)17)15(20)11-7-9(16)3-6-14(11)23-2/h3-8H,1-2H3. The molecule has 0 aliphatic rings. The summed E-state index contributed by atoms with van der Waals surface area (Å²) < 4.78 is 5.16. The van der Waals surface area contributed by atoms with Gasteiger partial charge in [-0.2, -0.15) is 0 Å². The van der Waals surface area contributed by atoms with Crippen molar-refractivity contribution in [3.63, 3.8) is 0 Å². The molecule has 2 rings (SSSR count). The number of anilines is 1. The largest absolute Gasteiger partial charge is 0.496 e. The van der Waals surface area contributed by atoms with E-state index in [9.17, 15) is 14.9 Å². The number of nitrogens with zero attached hydrogens (tertiary/aromatic N) is 2. The summed E-state index contributed by atoms with van der Waals surface area (Å²) in [6, 6.07) is 8.56. The van der Waals surface area contributed by atoms with E-state index in [4.69, 9.17) is 27.9 Å². The van der Waals surface area contributed by atoms with E-state index in [2.05, 4.69) is 0 Å². The second-order valence-corrected chi connectivity index (χ2v) is 5.45. The van der Waals surface area contributed by atoms with Gasteiger partial charge in [-0.05, 0) is 24.3 Å². The number of carbonyl (C=O) groups is 1. The summed E-state index contributed by atoms with van der Waals surface area (Å²) in [5, 5.41) is 11.2. The Hall–Kier alpha value is -2.31. The van der Waals surface area contributed by atoms with Crippen molar-refractivity contribution in [1.29, 1.82) is 0 Å². The minimum absolute atomic E-state index is 0.0936. The van der Waals surface area contributed by atoms with Gasteiger partial charge >= 0.3 is 0 Å². The van der Waals surface area contributed by atoms with E-state index in [1.54, 1.807) is 12.1 Å². The SMILES string of the molecule is COc1ccc(Cl)cc1C(=O)N(C)c1ccc([N+](=O)[O-])cc1Cl. The highest BCUT2D eigenvalue weighted by Gasteiger charge is 2.21. The number of carbonyl (C=O) groups excluding carboxylic acids is 1. The predicted molar refractivity (Wildman–Crippen MR) is 88.8 cm³/mol. The van der Waals surface area contributed by atoms with E-state index >= 15 is 0 Å². The topological polar surface area (TPSA) is 72.7 Å². The van der Waals surface area contributed by atoms with Crippen LogP contribution in [0.2, 0.25) is 10.0 Å². The van der Waals surface area contributed by atoms with Crippen molar-refractivity contribution in [3.8, 4) is 5.75 Å². The van der Waals surface area contributed by atoms with Gasteiger partial charge in [0.25, 0.3) is 11.6 Å². The summed E-state index contributed by atoms with van der Waals surface area (Å²) in [6.45, 7) is 0. The van der Waals surface area contributed by atoms with Gasteiger partial charge in [-0.15, -0.1) is 0 Å². The van der Waals surface area contributed by atoms with Crippen molar-refractivity contribution in [2.75, 3.05) is 19.1 Å². The maximum atomic E-state index is 12.6. The average molecular weight is 355 g/mol. The summed E-state index contributed by atoms with van der Waals surface area (Å²) in [7, 11) is 2.95. The molecule has 0 spiro atoms. The zero-order valence-corrected chi connectivity index (χ0v) is 13.8. The molecule has 0 aromatic heterocycles. The van der Waals surface area contributed by atoms with Crippen molar-refractivity contribution < 1.29 is 14.5 Å². The number of non-ortho nitro benzene ring substituents is 1. The first-order chi connectivity index (χ1) is 10.8. The Morgan fingerprint density at radius 2 is 1.91 bits per heavy atom. The van der Waals surface area contributed by atoms with Gasteiger partial charge in [-0.1, -0.05) is 23.2 Å². The highest BCUT2D eigenvalue weighted by molar-refractivity contribution is 6.34. The van der Waals surface area contributed by atoms with Gasteiger partial charge in [-0.25, -0.2) is 0 Å². The van der Waals surface area contributed by atoms with Crippen LogP contribution in [0.3, 0.4) is 0 Å². The molecule has 120 valence electrons. The Labute approximate surface area is 142 Å². The molecule has 0 fully saturated rings. The zero-order valence-electron chi connectivity index (χ0n) is 12.2. The fourth-order valence-corrected chi connectivity index (χ4v) is 2.49. The van der Waals surface area contributed by atoms with Crippen molar-refractivity contribution >= 4 is 40.5 Å². The minimum Gasteiger partial charge on any atom is -0.496 e. The number of hydrogen-bond acceptors (Lipinski definition) is 4. The Balaban J connectivity index is 2.41. The molecule has 2 aromatic rings. The third-order valence-electron chi connectivity index (χ3n) is 3.20. The van der Waals surface area contributed by atoms with Crippen LogP contribution in [0.25, 0.3) is 0 Å². The summed E-state index contributed by atoms with van der Waals surface area (Å²) in [6.07, 6.45) is 0. The molecule has 0 N–H and O–H groups in total. The van der Waals surface area contributed by atoms with E-state index in [1.807, 2.05) is 0 Å². The molecule has 0 aliphatic heterocycles. The molecular formula is C15H12Cl2N2O4. The molecule has 0 heterocycles. The molecule has 0 radical (unpaired) electrons. The van der Waals surface area contributed by atoms with Gasteiger partial charge in [0, 0.05) is 24.2 Å². The smallest absolute Gasteiger partial charge is 0.271 e. The molecule has 0 saturated carbocycles. The average Bonchev–Trinajstić information content (AvgIpc) is 2.53. The van der Waals surface area contributed by atoms with Gasteiger partial charge in [-0.3, -0.25) is 14.9 Å². The van der Waals surface area contributed by atoms with Crippen LogP contribution in [0.4, 0.5) is 11.4 Å². The molecule has 6 nitrogen and oxygen atoms in total. The number of ether oxygens (including phenoxy) is 1. The molecule has 8 heteroatoms. The summed E-state index contributed by atoms with van der Waals surface area (Å²) in [5.41, 5.74) is 0.446. The quantitative estimate of drug-likeness (QED) is 0.609. The van der Waals surface area contributed by atoms with Crippen molar-refractivity contribution in [1.82, 2.24) is 0 Å². The Kier molecular flexibility index (Phi) is 5.08. The highest BCUT2D eigenvalue weighted by Crippen LogP contribution is 2.31. The number of nitro groups is 1. The summed E-state index contributed by atoms with van der Waals surface area (Å²) in [5.74, 6) is -0.0376. The summed E-state index contributed by atoms with van der Waals surface area (Å²) in [4.78, 5) is 24.1. The minimum atomic E-state index is -0.558. The molecule has 0 atom stereocenters. The van der Waals surface area contributed by atoms with E-state index in [1.165, 1.54) is 43.3 Å². The Morgan fingerprint density at radius 1 is 1.22 bits per heavy atom. The third kappa shape index (κ3) is 3.55. The van der Waals surface area contributed by atoms with Crippen LogP contribution in [0.1, 0.15) is 10.4 Å². The molecule has 2 aromatic carbocycles. The zero-order chi connectivity index (χ0) is 17.1. The maximum absolute atomic E-state index is 12.6. The fourth-order valence-electron chi connectivity index (χ4n) is 2.02. The maximum Gasteiger partial charge on any atom is 0.271 e. The van der Waals surface area contributed by atoms with Crippen molar-refractivity contribution in [3.05, 3.63) is 62.1 Å². The molecule has 0 bridgehead atoms. The second kappa shape index (κ2) is 6.85. The van der Waals surface area contributed by atoms with Gasteiger partial charge in [0.05, 0.1) is 28.3 Å². The van der Waals surface area contributed by atoms with Crippen LogP contribution in [0, 0.1) is 10.1 Å². The monoisotopic (exact) mass is 354 g/mol. The first-order valence-electron chi connectivity index (χ1n) is 6.40. The van der Waals surface area contributed by atoms with E-state index in [-0.39, 0.29) is 16.3 Å². The fraction of sp³-hybridized carbons (Fsp3) is 0.133. The second-order valence-electron chi connectivity index (χ2n) is 4.60. The molecule has 23 heavy (non-hydrogen) atoms. The number of rotatable bonds is 4. The highest BCUT2D eigenvalue weighted by atomic mass is 35.5. The molecule has 0 unspecified atom stereocenters. The van der Waals surface area contributed by atoms with Crippen LogP contribution in [-0.4, -0.2) is 25.0 Å². The van der Waals surface area contributed by atoms with Gasteiger partial charge in [0.15, 0.2) is 0 Å². The number of halogens is 2. The number of hydrogen-bond donors (Lipinski definition) is 0. The van der Waals surface area contributed by atoms with Crippen molar-refractivity contribution in [2.45, 2.75) is 0 Å². The normalized spacial score (nSPS) is 10.3. The molecule has 1 amide bonds. The van der Waals surface area contributed by atoms with Crippen LogP contribution in [-0.2, 0) is 0 Å². The van der Waals surface area contributed by atoms with Crippen LogP contribution in [0.15, 0.2) is 36.4 Å². The van der Waals surface area contributed by atoms with Crippen LogP contribution < -0.4 is 9.64 Å². The lowest BCUT2D eigenvalue weighted by Crippen LogP contribution is -2.27. The van der Waals surface area contributed by atoms with Crippen LogP contribution in [0.5, 0.6) is 5.75 Å². The van der Waals surface area contributed by atoms with E-state index < -0.39 is 10.8 Å². The lowest BCUT2D eigenvalue weighted by molar-refractivity contribution is -0.384. The van der Waals surface area contributed by atoms with E-state index in [0.717, 1.165) is 0 Å². The first kappa shape index (κ1) is 17.1. The lowest BCUT2D eigenvalue weighted by Gasteiger charge is -2.20. The molecular weight excluding hydrogens is 343 g/mol. The molecule has 0 saturated heterocycles. The Bertz CT molecular complexity index is 780. The first-order valence-corrected chi connectivity index (χ1v) is 7.16. The van der Waals surface area contributed by atoms with Gasteiger partial charge in [0.2, 0.25) is 0 Å².